The Bertz CT molecular complexity index is 436. The molecule has 0 rings (SSSR count). The van der Waals surface area contributed by atoms with Crippen molar-refractivity contribution < 1.29 is 28.7 Å². The van der Waals surface area contributed by atoms with Crippen LogP contribution in [0, 0.1) is 0 Å². The van der Waals surface area contributed by atoms with Crippen LogP contribution in [0.25, 0.3) is 0 Å². The fourth-order valence-electron chi connectivity index (χ4n) is 1.69. The van der Waals surface area contributed by atoms with E-state index in [1.165, 1.54) is 28.1 Å². The summed E-state index contributed by atoms with van der Waals surface area (Å²) in [6.07, 6.45) is 3.38. The van der Waals surface area contributed by atoms with E-state index in [1.807, 2.05) is 6.92 Å². The lowest BCUT2D eigenvalue weighted by Crippen LogP contribution is -2.40. The van der Waals surface area contributed by atoms with Gasteiger partial charge in [0.25, 0.3) is 0 Å². The minimum atomic E-state index is -0.606. The SMILES string of the molecule is C=CC[C@H](NC(C)=O)C(=O)OC.CCC[C@H](NC(C)=O)C(=O)OC. The maximum atomic E-state index is 11.0. The first-order chi connectivity index (χ1) is 11.2. The van der Waals surface area contributed by atoms with Crippen molar-refractivity contribution in [1.29, 1.82) is 0 Å². The fraction of sp³-hybridized carbons (Fsp3) is 0.625. The van der Waals surface area contributed by atoms with Crippen LogP contribution < -0.4 is 10.6 Å². The molecule has 0 spiro atoms. The Kier molecular flexibility index (Phi) is 14.2. The number of hydrogen-bond donors (Lipinski definition) is 2. The fourth-order valence-corrected chi connectivity index (χ4v) is 1.69. The third-order valence-electron chi connectivity index (χ3n) is 2.71. The zero-order valence-corrected chi connectivity index (χ0v) is 15.0. The van der Waals surface area contributed by atoms with Crippen LogP contribution in [0.1, 0.15) is 40.0 Å². The van der Waals surface area contributed by atoms with E-state index in [-0.39, 0.29) is 17.8 Å². The van der Waals surface area contributed by atoms with Crippen LogP contribution >= 0.6 is 0 Å². The van der Waals surface area contributed by atoms with Gasteiger partial charge in [-0.2, -0.15) is 0 Å². The standard InChI is InChI=1S/C8H15NO3.C8H13NO3/c2*1-4-5-7(8(11)12-3)9-6(2)10/h7H,4-5H2,1-3H3,(H,9,10);4,7H,1,5H2,2-3H3,(H,9,10)/t2*7-/m00/s1. The van der Waals surface area contributed by atoms with Gasteiger partial charge in [0.2, 0.25) is 11.8 Å². The van der Waals surface area contributed by atoms with Gasteiger partial charge in [-0.1, -0.05) is 19.4 Å². The largest absolute Gasteiger partial charge is 0.467 e. The maximum absolute atomic E-state index is 11.0. The van der Waals surface area contributed by atoms with Crippen LogP contribution in [0.5, 0.6) is 0 Å². The first-order valence-electron chi connectivity index (χ1n) is 7.54. The summed E-state index contributed by atoms with van der Waals surface area (Å²) in [5, 5.41) is 4.96. The van der Waals surface area contributed by atoms with Gasteiger partial charge >= 0.3 is 11.9 Å². The van der Waals surface area contributed by atoms with Crippen LogP contribution in [-0.2, 0) is 28.7 Å². The molecule has 8 heteroatoms. The second-order valence-electron chi connectivity index (χ2n) is 4.87. The van der Waals surface area contributed by atoms with Gasteiger partial charge in [0.1, 0.15) is 12.1 Å². The number of methoxy groups -OCH3 is 2. The van der Waals surface area contributed by atoms with E-state index >= 15 is 0 Å². The van der Waals surface area contributed by atoms with Crippen molar-refractivity contribution in [2.45, 2.75) is 52.1 Å². The van der Waals surface area contributed by atoms with Crippen molar-refractivity contribution in [1.82, 2.24) is 10.6 Å². The van der Waals surface area contributed by atoms with Gasteiger partial charge in [0.05, 0.1) is 14.2 Å². The van der Waals surface area contributed by atoms with Gasteiger partial charge in [-0.15, -0.1) is 6.58 Å². The molecule has 0 aliphatic rings. The number of nitrogens with one attached hydrogen (secondary N) is 2. The Morgan fingerprint density at radius 3 is 1.71 bits per heavy atom. The van der Waals surface area contributed by atoms with Gasteiger partial charge in [-0.05, 0) is 12.8 Å². The van der Waals surface area contributed by atoms with Crippen molar-refractivity contribution in [2.24, 2.45) is 0 Å². The molecule has 138 valence electrons. The molecule has 0 aromatic carbocycles. The molecule has 2 amide bonds. The quantitative estimate of drug-likeness (QED) is 0.495. The zero-order valence-electron chi connectivity index (χ0n) is 15.0. The Balaban J connectivity index is 0. The molecular weight excluding hydrogens is 316 g/mol. The molecule has 0 saturated heterocycles. The molecule has 0 radical (unpaired) electrons. The Hall–Kier alpha value is -2.38. The van der Waals surface area contributed by atoms with Crippen molar-refractivity contribution in [3.05, 3.63) is 12.7 Å². The van der Waals surface area contributed by atoms with Crippen molar-refractivity contribution >= 4 is 23.8 Å². The highest BCUT2D eigenvalue weighted by molar-refractivity contribution is 5.83. The van der Waals surface area contributed by atoms with Crippen LogP contribution in [0.15, 0.2) is 12.7 Å². The van der Waals surface area contributed by atoms with Gasteiger partial charge in [-0.3, -0.25) is 9.59 Å². The van der Waals surface area contributed by atoms with E-state index < -0.39 is 18.1 Å². The number of hydrogen-bond acceptors (Lipinski definition) is 6. The molecule has 24 heavy (non-hydrogen) atoms. The second-order valence-corrected chi connectivity index (χ2v) is 4.87. The zero-order chi connectivity index (χ0) is 19.1. The topological polar surface area (TPSA) is 111 Å². The predicted octanol–water partition coefficient (Wildman–Crippen LogP) is 0.704. The lowest BCUT2D eigenvalue weighted by Gasteiger charge is -2.13. The number of ether oxygens (including phenoxy) is 2. The first kappa shape index (κ1) is 23.9. The van der Waals surface area contributed by atoms with Gasteiger partial charge < -0.3 is 20.1 Å². The first-order valence-corrected chi connectivity index (χ1v) is 7.54. The van der Waals surface area contributed by atoms with E-state index in [1.54, 1.807) is 6.08 Å². The normalized spacial score (nSPS) is 11.7. The Labute approximate surface area is 143 Å². The molecule has 0 fully saturated rings. The lowest BCUT2D eigenvalue weighted by molar-refractivity contribution is -0.145. The van der Waals surface area contributed by atoms with E-state index in [4.69, 9.17) is 0 Å². The van der Waals surface area contributed by atoms with E-state index in [0.29, 0.717) is 12.8 Å². The second kappa shape index (κ2) is 14.2. The van der Waals surface area contributed by atoms with Crippen LogP contribution in [0.4, 0.5) is 0 Å². The minimum Gasteiger partial charge on any atom is -0.467 e. The van der Waals surface area contributed by atoms with E-state index in [2.05, 4.69) is 26.7 Å². The molecule has 0 unspecified atom stereocenters. The lowest BCUT2D eigenvalue weighted by atomic mass is 10.2. The minimum absolute atomic E-state index is 0.209. The Morgan fingerprint density at radius 1 is 0.958 bits per heavy atom. The Morgan fingerprint density at radius 2 is 1.38 bits per heavy atom. The molecule has 2 atom stereocenters. The molecule has 0 heterocycles. The van der Waals surface area contributed by atoms with Crippen LogP contribution in [0.2, 0.25) is 0 Å². The predicted molar refractivity (Wildman–Crippen MR) is 89.0 cm³/mol. The monoisotopic (exact) mass is 344 g/mol. The average molecular weight is 344 g/mol. The molecule has 8 nitrogen and oxygen atoms in total. The summed E-state index contributed by atoms with van der Waals surface area (Å²) in [5.41, 5.74) is 0. The summed E-state index contributed by atoms with van der Waals surface area (Å²) < 4.78 is 8.98. The highest BCUT2D eigenvalue weighted by Gasteiger charge is 2.18. The number of carbonyl (C=O) groups excluding carboxylic acids is 4. The van der Waals surface area contributed by atoms with Crippen molar-refractivity contribution in [3.8, 4) is 0 Å². The van der Waals surface area contributed by atoms with Crippen LogP contribution in [0.3, 0.4) is 0 Å². The number of rotatable bonds is 8. The average Bonchev–Trinajstić information content (AvgIpc) is 2.52. The van der Waals surface area contributed by atoms with Gasteiger partial charge in [0.15, 0.2) is 0 Å². The maximum Gasteiger partial charge on any atom is 0.328 e. The summed E-state index contributed by atoms with van der Waals surface area (Å²) in [7, 11) is 2.59. The summed E-state index contributed by atoms with van der Waals surface area (Å²) in [6, 6.07) is -1.09. The van der Waals surface area contributed by atoms with E-state index in [0.717, 1.165) is 6.42 Å². The summed E-state index contributed by atoms with van der Waals surface area (Å²) in [4.78, 5) is 43.2. The third kappa shape index (κ3) is 12.2. The number of amides is 2. The summed E-state index contributed by atoms with van der Waals surface area (Å²) in [5.74, 6) is -1.30. The molecule has 0 aromatic rings. The summed E-state index contributed by atoms with van der Waals surface area (Å²) in [6.45, 7) is 8.13. The molecule has 0 aliphatic heterocycles. The van der Waals surface area contributed by atoms with Gasteiger partial charge in [0, 0.05) is 13.8 Å². The molecule has 0 saturated carbocycles. The van der Waals surface area contributed by atoms with Crippen molar-refractivity contribution in [3.63, 3.8) is 0 Å². The van der Waals surface area contributed by atoms with E-state index in [9.17, 15) is 19.2 Å². The van der Waals surface area contributed by atoms with Crippen LogP contribution in [-0.4, -0.2) is 50.1 Å². The molecule has 0 aliphatic carbocycles. The molecule has 0 aromatic heterocycles. The highest BCUT2D eigenvalue weighted by Crippen LogP contribution is 1.98. The van der Waals surface area contributed by atoms with Crippen molar-refractivity contribution in [2.75, 3.05) is 14.2 Å². The smallest absolute Gasteiger partial charge is 0.328 e. The third-order valence-corrected chi connectivity index (χ3v) is 2.71. The molecule has 2 N–H and O–H groups in total. The number of esters is 2. The molecular formula is C16H28N2O6. The summed E-state index contributed by atoms with van der Waals surface area (Å²) >= 11 is 0. The molecule has 0 bridgehead atoms. The van der Waals surface area contributed by atoms with Gasteiger partial charge in [-0.25, -0.2) is 9.59 Å². The number of carbonyl (C=O) groups is 4. The highest BCUT2D eigenvalue weighted by atomic mass is 16.5.